The second kappa shape index (κ2) is 7.42. The molecule has 0 saturated heterocycles. The number of thiazole rings is 1. The van der Waals surface area contributed by atoms with Crippen molar-refractivity contribution in [3.8, 4) is 0 Å². The zero-order valence-corrected chi connectivity index (χ0v) is 14.0. The molecule has 1 amide bonds. The van der Waals surface area contributed by atoms with Crippen molar-refractivity contribution in [1.29, 1.82) is 0 Å². The van der Waals surface area contributed by atoms with Crippen LogP contribution in [0.1, 0.15) is 41.4 Å². The van der Waals surface area contributed by atoms with Gasteiger partial charge in [0, 0.05) is 23.1 Å². The molecular weight excluding hydrogens is 306 g/mol. The Balaban J connectivity index is 1.74. The Morgan fingerprint density at radius 1 is 1.39 bits per heavy atom. The van der Waals surface area contributed by atoms with Gasteiger partial charge in [-0.25, -0.2) is 0 Å². The number of aromatic nitrogens is 2. The van der Waals surface area contributed by atoms with E-state index in [1.165, 1.54) is 22.3 Å². The van der Waals surface area contributed by atoms with Crippen LogP contribution in [0.15, 0.2) is 42.2 Å². The van der Waals surface area contributed by atoms with Crippen LogP contribution in [0.5, 0.6) is 0 Å². The first kappa shape index (κ1) is 15.7. The van der Waals surface area contributed by atoms with Gasteiger partial charge in [0.05, 0.1) is 11.7 Å². The number of fused-ring (bicyclic) bond motifs is 1. The Hall–Kier alpha value is -2.14. The summed E-state index contributed by atoms with van der Waals surface area (Å²) in [6, 6.07) is 8.43. The number of rotatable bonds is 7. The van der Waals surface area contributed by atoms with Gasteiger partial charge in [-0.1, -0.05) is 38.0 Å². The van der Waals surface area contributed by atoms with Gasteiger partial charge < -0.3 is 10.3 Å². The van der Waals surface area contributed by atoms with Gasteiger partial charge in [-0.2, -0.15) is 0 Å². The molecule has 0 fully saturated rings. The minimum atomic E-state index is -0.0200. The number of para-hydroxylation sites is 1. The highest BCUT2D eigenvalue weighted by molar-refractivity contribution is 7.11. The van der Waals surface area contributed by atoms with E-state index < -0.39 is 0 Å². The van der Waals surface area contributed by atoms with E-state index in [1.807, 2.05) is 6.07 Å². The molecule has 4 nitrogen and oxygen atoms in total. The molecule has 0 radical (unpaired) electrons. The van der Waals surface area contributed by atoms with Crippen LogP contribution in [0.4, 0.5) is 0 Å². The lowest BCUT2D eigenvalue weighted by atomic mass is 10.0. The fraction of sp³-hybridized carbons (Fsp3) is 0.333. The van der Waals surface area contributed by atoms with Crippen LogP contribution < -0.4 is 5.32 Å². The number of carbonyl (C=O) groups excluding carboxylic acids is 1. The molecule has 5 heteroatoms. The van der Waals surface area contributed by atoms with Crippen LogP contribution in [-0.4, -0.2) is 21.9 Å². The van der Waals surface area contributed by atoms with Gasteiger partial charge in [-0.15, -0.1) is 11.3 Å². The van der Waals surface area contributed by atoms with Gasteiger partial charge in [0.25, 0.3) is 5.91 Å². The maximum Gasteiger partial charge on any atom is 0.263 e. The van der Waals surface area contributed by atoms with E-state index in [-0.39, 0.29) is 11.9 Å². The fourth-order valence-corrected chi connectivity index (χ4v) is 3.35. The standard InChI is InChI=1S/C18H21N3OS/c1-2-3-6-14(21-18(22)17-11-19-12-23-17)9-13-10-20-16-8-5-4-7-15(13)16/h4-5,7-8,10-12,14,20H,2-3,6,9H2,1H3,(H,21,22). The smallest absolute Gasteiger partial charge is 0.263 e. The lowest BCUT2D eigenvalue weighted by molar-refractivity contribution is 0.0938. The lowest BCUT2D eigenvalue weighted by Crippen LogP contribution is -2.36. The molecule has 2 N–H and O–H groups in total. The zero-order chi connectivity index (χ0) is 16.1. The molecule has 2 heterocycles. The summed E-state index contributed by atoms with van der Waals surface area (Å²) in [5.74, 6) is -0.0200. The number of nitrogens with zero attached hydrogens (tertiary/aromatic N) is 1. The van der Waals surface area contributed by atoms with Gasteiger partial charge >= 0.3 is 0 Å². The van der Waals surface area contributed by atoms with Crippen LogP contribution in [0, 0.1) is 0 Å². The van der Waals surface area contributed by atoms with Crippen LogP contribution in [0.25, 0.3) is 10.9 Å². The molecule has 0 aliphatic rings. The Morgan fingerprint density at radius 3 is 3.04 bits per heavy atom. The van der Waals surface area contributed by atoms with Crippen molar-refractivity contribution >= 4 is 28.1 Å². The Labute approximate surface area is 140 Å². The van der Waals surface area contributed by atoms with Crippen LogP contribution in [0.3, 0.4) is 0 Å². The minimum Gasteiger partial charge on any atom is -0.361 e. The molecule has 0 aliphatic heterocycles. The van der Waals surface area contributed by atoms with Crippen molar-refractivity contribution < 1.29 is 4.79 Å². The number of unbranched alkanes of at least 4 members (excludes halogenated alkanes) is 1. The zero-order valence-electron chi connectivity index (χ0n) is 13.2. The van der Waals surface area contributed by atoms with E-state index in [9.17, 15) is 4.79 Å². The number of hydrogen-bond acceptors (Lipinski definition) is 3. The van der Waals surface area contributed by atoms with Crippen molar-refractivity contribution in [2.45, 2.75) is 38.6 Å². The Bertz CT molecular complexity index is 764. The Morgan fingerprint density at radius 2 is 2.26 bits per heavy atom. The first-order valence-electron chi connectivity index (χ1n) is 8.02. The monoisotopic (exact) mass is 327 g/mol. The number of H-pyrrole nitrogens is 1. The average molecular weight is 327 g/mol. The van der Waals surface area contributed by atoms with E-state index in [0.717, 1.165) is 31.2 Å². The fourth-order valence-electron chi connectivity index (χ4n) is 2.83. The molecular formula is C18H21N3OS. The third kappa shape index (κ3) is 3.79. The SMILES string of the molecule is CCCCC(Cc1c[nH]c2ccccc12)NC(=O)c1cncs1. The molecule has 0 spiro atoms. The molecule has 0 saturated carbocycles. The average Bonchev–Trinajstić information content (AvgIpc) is 3.23. The molecule has 0 aliphatic carbocycles. The predicted molar refractivity (Wildman–Crippen MR) is 94.9 cm³/mol. The van der Waals surface area contributed by atoms with E-state index in [4.69, 9.17) is 0 Å². The number of nitrogens with one attached hydrogen (secondary N) is 2. The van der Waals surface area contributed by atoms with Crippen LogP contribution in [-0.2, 0) is 6.42 Å². The van der Waals surface area contributed by atoms with Crippen LogP contribution in [0.2, 0.25) is 0 Å². The summed E-state index contributed by atoms with van der Waals surface area (Å²) < 4.78 is 0. The summed E-state index contributed by atoms with van der Waals surface area (Å²) in [6.45, 7) is 2.17. The summed E-state index contributed by atoms with van der Waals surface area (Å²) in [4.78, 5) is 20.3. The highest BCUT2D eigenvalue weighted by Crippen LogP contribution is 2.20. The van der Waals surface area contributed by atoms with E-state index in [1.54, 1.807) is 11.7 Å². The normalized spacial score (nSPS) is 12.4. The predicted octanol–water partition coefficient (Wildman–Crippen LogP) is 4.16. The summed E-state index contributed by atoms with van der Waals surface area (Å²) in [5.41, 5.74) is 4.09. The Kier molecular flexibility index (Phi) is 5.08. The maximum absolute atomic E-state index is 12.3. The number of benzene rings is 1. The highest BCUT2D eigenvalue weighted by Gasteiger charge is 2.16. The van der Waals surface area contributed by atoms with E-state index in [0.29, 0.717) is 4.88 Å². The van der Waals surface area contributed by atoms with Gasteiger partial charge in [0.1, 0.15) is 4.88 Å². The molecule has 2 aromatic heterocycles. The first-order valence-corrected chi connectivity index (χ1v) is 8.90. The molecule has 1 atom stereocenters. The molecule has 0 bridgehead atoms. The van der Waals surface area contributed by atoms with Gasteiger partial charge in [-0.05, 0) is 24.5 Å². The molecule has 23 heavy (non-hydrogen) atoms. The molecule has 1 unspecified atom stereocenters. The number of carbonyl (C=O) groups is 1. The summed E-state index contributed by atoms with van der Waals surface area (Å²) in [5, 5.41) is 4.41. The molecule has 3 rings (SSSR count). The topological polar surface area (TPSA) is 57.8 Å². The third-order valence-corrected chi connectivity index (χ3v) is 4.81. The second-order valence-electron chi connectivity index (χ2n) is 5.74. The van der Waals surface area contributed by atoms with Crippen molar-refractivity contribution in [1.82, 2.24) is 15.3 Å². The van der Waals surface area contributed by atoms with Crippen molar-refractivity contribution in [3.63, 3.8) is 0 Å². The largest absolute Gasteiger partial charge is 0.361 e. The van der Waals surface area contributed by atoms with Crippen molar-refractivity contribution in [3.05, 3.63) is 52.6 Å². The number of hydrogen-bond donors (Lipinski definition) is 2. The first-order chi connectivity index (χ1) is 11.3. The quantitative estimate of drug-likeness (QED) is 0.685. The molecule has 1 aromatic carbocycles. The van der Waals surface area contributed by atoms with Gasteiger partial charge in [0.15, 0.2) is 0 Å². The lowest BCUT2D eigenvalue weighted by Gasteiger charge is -2.18. The summed E-state index contributed by atoms with van der Waals surface area (Å²) in [6.07, 6.45) is 7.75. The number of amides is 1. The van der Waals surface area contributed by atoms with Gasteiger partial charge in [-0.3, -0.25) is 9.78 Å². The van der Waals surface area contributed by atoms with E-state index in [2.05, 4.69) is 46.6 Å². The summed E-state index contributed by atoms with van der Waals surface area (Å²) >= 11 is 1.38. The molecule has 3 aromatic rings. The third-order valence-electron chi connectivity index (χ3n) is 4.04. The van der Waals surface area contributed by atoms with Gasteiger partial charge in [0.2, 0.25) is 0 Å². The maximum atomic E-state index is 12.3. The molecule has 120 valence electrons. The highest BCUT2D eigenvalue weighted by atomic mass is 32.1. The number of aromatic amines is 1. The summed E-state index contributed by atoms with van der Waals surface area (Å²) in [7, 11) is 0. The van der Waals surface area contributed by atoms with E-state index >= 15 is 0 Å². The van der Waals surface area contributed by atoms with Crippen molar-refractivity contribution in [2.24, 2.45) is 0 Å². The minimum absolute atomic E-state index is 0.0200. The second-order valence-corrected chi connectivity index (χ2v) is 6.63. The van der Waals surface area contributed by atoms with Crippen molar-refractivity contribution in [2.75, 3.05) is 0 Å². The van der Waals surface area contributed by atoms with Crippen LogP contribution >= 0.6 is 11.3 Å².